The van der Waals surface area contributed by atoms with Gasteiger partial charge in [-0.3, -0.25) is 0 Å². The fourth-order valence-electron chi connectivity index (χ4n) is 3.56. The average molecular weight is 400 g/mol. The molecule has 0 unspecified atom stereocenters. The monoisotopic (exact) mass is 399 g/mol. The van der Waals surface area contributed by atoms with Gasteiger partial charge in [-0.05, 0) is 37.1 Å². The molecular formula is C20H25N5O2S. The molecule has 4 rings (SSSR count). The summed E-state index contributed by atoms with van der Waals surface area (Å²) in [4.78, 5) is 25.2. The van der Waals surface area contributed by atoms with Crippen molar-refractivity contribution in [2.45, 2.75) is 24.8 Å². The summed E-state index contributed by atoms with van der Waals surface area (Å²) in [5.74, 6) is 2.00. The Morgan fingerprint density at radius 1 is 1.14 bits per heavy atom. The summed E-state index contributed by atoms with van der Waals surface area (Å²) in [6, 6.07) is 7.09. The Kier molecular flexibility index (Phi) is 5.57. The van der Waals surface area contributed by atoms with Gasteiger partial charge >= 0.3 is 5.97 Å². The molecule has 2 aliphatic rings. The molecule has 148 valence electrons. The Bertz CT molecular complexity index is 850. The van der Waals surface area contributed by atoms with Gasteiger partial charge in [-0.15, -0.1) is 11.8 Å². The predicted octanol–water partition coefficient (Wildman–Crippen LogP) is 2.97. The zero-order chi connectivity index (χ0) is 19.5. The van der Waals surface area contributed by atoms with Crippen LogP contribution in [0.2, 0.25) is 0 Å². The molecule has 0 aliphatic carbocycles. The number of anilines is 3. The van der Waals surface area contributed by atoms with Crippen molar-refractivity contribution in [3.63, 3.8) is 0 Å². The first-order valence-corrected chi connectivity index (χ1v) is 10.7. The summed E-state index contributed by atoms with van der Waals surface area (Å²) in [6.07, 6.45) is 2.10. The maximum Gasteiger partial charge on any atom is 0.335 e. The Balaban J connectivity index is 1.45. The number of nitrogens with one attached hydrogen (secondary N) is 1. The van der Waals surface area contributed by atoms with Crippen LogP contribution in [0.15, 0.2) is 29.3 Å². The van der Waals surface area contributed by atoms with Gasteiger partial charge in [-0.25, -0.2) is 9.78 Å². The lowest BCUT2D eigenvalue weighted by Crippen LogP contribution is -2.47. The lowest BCUT2D eigenvalue weighted by Gasteiger charge is -2.36. The number of aromatic nitrogens is 2. The normalized spacial score (nSPS) is 16.2. The SMILES string of the molecule is CCCNc1nc(N2CCN(c3ccc(C(=O)O)cc3)CC2)nc2c1CCS2. The minimum absolute atomic E-state index is 0.318. The van der Waals surface area contributed by atoms with Crippen molar-refractivity contribution in [2.24, 2.45) is 0 Å². The van der Waals surface area contributed by atoms with Crippen molar-refractivity contribution < 1.29 is 9.90 Å². The second-order valence-electron chi connectivity index (χ2n) is 7.01. The van der Waals surface area contributed by atoms with Crippen LogP contribution in [0.5, 0.6) is 0 Å². The van der Waals surface area contributed by atoms with Crippen LogP contribution in [0.25, 0.3) is 0 Å². The van der Waals surface area contributed by atoms with E-state index in [0.717, 1.165) is 73.8 Å². The first kappa shape index (κ1) is 18.9. The minimum atomic E-state index is -0.893. The van der Waals surface area contributed by atoms with Crippen LogP contribution in [0, 0.1) is 0 Å². The molecule has 28 heavy (non-hydrogen) atoms. The quantitative estimate of drug-likeness (QED) is 0.718. The summed E-state index contributed by atoms with van der Waals surface area (Å²) in [5, 5.41) is 13.6. The molecule has 7 nitrogen and oxygen atoms in total. The third-order valence-electron chi connectivity index (χ3n) is 5.13. The Morgan fingerprint density at radius 2 is 1.86 bits per heavy atom. The number of carboxylic acid groups (broad SMARTS) is 1. The Hall–Kier alpha value is -2.48. The molecule has 1 aromatic carbocycles. The molecule has 0 bridgehead atoms. The molecule has 2 aromatic rings. The molecule has 0 spiro atoms. The molecule has 3 heterocycles. The van der Waals surface area contributed by atoms with E-state index >= 15 is 0 Å². The van der Waals surface area contributed by atoms with E-state index in [1.807, 2.05) is 23.9 Å². The maximum atomic E-state index is 11.0. The zero-order valence-electron chi connectivity index (χ0n) is 16.0. The van der Waals surface area contributed by atoms with Crippen LogP contribution in [0.4, 0.5) is 17.5 Å². The fourth-order valence-corrected chi connectivity index (χ4v) is 4.58. The molecule has 2 aliphatic heterocycles. The first-order chi connectivity index (χ1) is 13.7. The number of rotatable bonds is 6. The zero-order valence-corrected chi connectivity index (χ0v) is 16.8. The van der Waals surface area contributed by atoms with Gasteiger partial charge in [0, 0.05) is 49.7 Å². The van der Waals surface area contributed by atoms with E-state index in [1.165, 1.54) is 5.56 Å². The van der Waals surface area contributed by atoms with Gasteiger partial charge < -0.3 is 20.2 Å². The number of nitrogens with zero attached hydrogens (tertiary/aromatic N) is 4. The molecule has 0 saturated carbocycles. The van der Waals surface area contributed by atoms with Gasteiger partial charge in [0.1, 0.15) is 10.8 Å². The van der Waals surface area contributed by atoms with Gasteiger partial charge in [-0.1, -0.05) is 6.92 Å². The van der Waals surface area contributed by atoms with Crippen LogP contribution in [0.3, 0.4) is 0 Å². The number of piperazine rings is 1. The molecular weight excluding hydrogens is 374 g/mol. The Morgan fingerprint density at radius 3 is 2.54 bits per heavy atom. The standard InChI is InChI=1S/C20H25N5O2S/c1-2-8-21-17-16-7-13-28-18(16)23-20(22-17)25-11-9-24(10-12-25)15-5-3-14(4-6-15)19(26)27/h3-6H,2,7-13H2,1H3,(H,26,27)(H,21,22,23). The van der Waals surface area contributed by atoms with E-state index in [4.69, 9.17) is 15.1 Å². The van der Waals surface area contributed by atoms with E-state index < -0.39 is 5.97 Å². The van der Waals surface area contributed by atoms with Crippen LogP contribution in [-0.2, 0) is 6.42 Å². The van der Waals surface area contributed by atoms with E-state index in [0.29, 0.717) is 5.56 Å². The van der Waals surface area contributed by atoms with Crippen LogP contribution in [-0.4, -0.2) is 59.5 Å². The molecule has 8 heteroatoms. The fraction of sp³-hybridized carbons (Fsp3) is 0.450. The summed E-state index contributed by atoms with van der Waals surface area (Å²) < 4.78 is 0. The number of carboxylic acids is 1. The van der Waals surface area contributed by atoms with Crippen LogP contribution in [0.1, 0.15) is 29.3 Å². The van der Waals surface area contributed by atoms with Gasteiger partial charge in [0.25, 0.3) is 0 Å². The molecule has 0 amide bonds. The predicted molar refractivity (Wildman–Crippen MR) is 113 cm³/mol. The molecule has 1 fully saturated rings. The summed E-state index contributed by atoms with van der Waals surface area (Å²) in [5.41, 5.74) is 2.64. The summed E-state index contributed by atoms with van der Waals surface area (Å²) in [7, 11) is 0. The second-order valence-corrected chi connectivity index (χ2v) is 8.09. The summed E-state index contributed by atoms with van der Waals surface area (Å²) in [6.45, 7) is 6.49. The topological polar surface area (TPSA) is 81.6 Å². The molecule has 0 radical (unpaired) electrons. The highest BCUT2D eigenvalue weighted by Gasteiger charge is 2.24. The van der Waals surface area contributed by atoms with Crippen molar-refractivity contribution in [3.8, 4) is 0 Å². The number of aromatic carboxylic acids is 1. The number of carbonyl (C=O) groups is 1. The van der Waals surface area contributed by atoms with Crippen molar-refractivity contribution in [3.05, 3.63) is 35.4 Å². The lowest BCUT2D eigenvalue weighted by atomic mass is 10.2. The van der Waals surface area contributed by atoms with Crippen molar-refractivity contribution in [1.29, 1.82) is 0 Å². The highest BCUT2D eigenvalue weighted by atomic mass is 32.2. The minimum Gasteiger partial charge on any atom is -0.478 e. The number of benzene rings is 1. The first-order valence-electron chi connectivity index (χ1n) is 9.76. The third kappa shape index (κ3) is 3.87. The third-order valence-corrected chi connectivity index (χ3v) is 6.15. The summed E-state index contributed by atoms with van der Waals surface area (Å²) >= 11 is 1.82. The number of thioether (sulfide) groups is 1. The second kappa shape index (κ2) is 8.26. The number of hydrogen-bond acceptors (Lipinski definition) is 7. The maximum absolute atomic E-state index is 11.0. The molecule has 1 aromatic heterocycles. The lowest BCUT2D eigenvalue weighted by molar-refractivity contribution is 0.0697. The largest absolute Gasteiger partial charge is 0.478 e. The highest BCUT2D eigenvalue weighted by molar-refractivity contribution is 7.99. The van der Waals surface area contributed by atoms with E-state index in [-0.39, 0.29) is 0 Å². The number of fused-ring (bicyclic) bond motifs is 1. The van der Waals surface area contributed by atoms with Gasteiger partial charge in [0.05, 0.1) is 5.56 Å². The van der Waals surface area contributed by atoms with Crippen molar-refractivity contribution >= 4 is 35.2 Å². The van der Waals surface area contributed by atoms with E-state index in [1.54, 1.807) is 12.1 Å². The molecule has 1 saturated heterocycles. The highest BCUT2D eigenvalue weighted by Crippen LogP contribution is 2.35. The van der Waals surface area contributed by atoms with Gasteiger partial charge in [0.2, 0.25) is 5.95 Å². The van der Waals surface area contributed by atoms with Crippen molar-refractivity contribution in [2.75, 3.05) is 53.6 Å². The van der Waals surface area contributed by atoms with Gasteiger partial charge in [0.15, 0.2) is 0 Å². The van der Waals surface area contributed by atoms with Crippen molar-refractivity contribution in [1.82, 2.24) is 9.97 Å². The van der Waals surface area contributed by atoms with Gasteiger partial charge in [-0.2, -0.15) is 4.98 Å². The smallest absolute Gasteiger partial charge is 0.335 e. The van der Waals surface area contributed by atoms with E-state index in [2.05, 4.69) is 22.0 Å². The van der Waals surface area contributed by atoms with Crippen LogP contribution < -0.4 is 15.1 Å². The Labute approximate surface area is 169 Å². The number of hydrogen-bond donors (Lipinski definition) is 2. The molecule has 0 atom stereocenters. The van der Waals surface area contributed by atoms with E-state index in [9.17, 15) is 4.79 Å². The van der Waals surface area contributed by atoms with Crippen LogP contribution >= 0.6 is 11.8 Å². The average Bonchev–Trinajstić information content (AvgIpc) is 3.21. The molecule has 2 N–H and O–H groups in total.